The zero-order chi connectivity index (χ0) is 16.3. The van der Waals surface area contributed by atoms with Gasteiger partial charge in [-0.25, -0.2) is 4.90 Å². The van der Waals surface area contributed by atoms with Gasteiger partial charge in [-0.15, -0.1) is 0 Å². The topological polar surface area (TPSA) is 99.0 Å². The standard InChI is InChI=1S/C15H12N2O6/c1-22-7-2-3-8(9(6-7)17(20)21)16-14(18)12-10-4-5-11(23-10)13(12)15(16)19/h2-6,10-13H,1H3/t10-,11+,12-,13-/m0/s1. The fraction of sp³-hybridized carbons (Fsp3) is 0.333. The van der Waals surface area contributed by atoms with Gasteiger partial charge in [0.15, 0.2) is 0 Å². The van der Waals surface area contributed by atoms with Crippen LogP contribution >= 0.6 is 0 Å². The van der Waals surface area contributed by atoms with Crippen LogP contribution in [0.5, 0.6) is 5.75 Å². The second kappa shape index (κ2) is 4.63. The highest BCUT2D eigenvalue weighted by molar-refractivity contribution is 6.24. The highest BCUT2D eigenvalue weighted by Gasteiger charge is 2.61. The van der Waals surface area contributed by atoms with E-state index in [-0.39, 0.29) is 17.1 Å². The van der Waals surface area contributed by atoms with Gasteiger partial charge in [-0.3, -0.25) is 19.7 Å². The molecule has 0 aliphatic carbocycles. The molecule has 2 fully saturated rings. The lowest BCUT2D eigenvalue weighted by molar-refractivity contribution is -0.384. The monoisotopic (exact) mass is 316 g/mol. The summed E-state index contributed by atoms with van der Waals surface area (Å²) in [5, 5.41) is 11.3. The van der Waals surface area contributed by atoms with E-state index in [0.717, 1.165) is 4.90 Å². The molecule has 3 aliphatic rings. The van der Waals surface area contributed by atoms with E-state index in [4.69, 9.17) is 9.47 Å². The summed E-state index contributed by atoms with van der Waals surface area (Å²) in [6.45, 7) is 0. The molecular formula is C15H12N2O6. The number of benzene rings is 1. The molecule has 2 amide bonds. The van der Waals surface area contributed by atoms with Gasteiger partial charge in [-0.1, -0.05) is 12.2 Å². The quantitative estimate of drug-likeness (QED) is 0.358. The van der Waals surface area contributed by atoms with Crippen molar-refractivity contribution in [1.29, 1.82) is 0 Å². The van der Waals surface area contributed by atoms with Crippen molar-refractivity contribution in [2.45, 2.75) is 12.2 Å². The van der Waals surface area contributed by atoms with E-state index in [1.165, 1.54) is 25.3 Å². The summed E-state index contributed by atoms with van der Waals surface area (Å²) >= 11 is 0. The van der Waals surface area contributed by atoms with Crippen LogP contribution in [0.3, 0.4) is 0 Å². The maximum Gasteiger partial charge on any atom is 0.297 e. The Morgan fingerprint density at radius 3 is 2.30 bits per heavy atom. The smallest absolute Gasteiger partial charge is 0.297 e. The molecular weight excluding hydrogens is 304 g/mol. The fourth-order valence-corrected chi connectivity index (χ4v) is 3.51. The van der Waals surface area contributed by atoms with Gasteiger partial charge in [0, 0.05) is 0 Å². The molecule has 3 aliphatic heterocycles. The third-order valence-corrected chi connectivity index (χ3v) is 4.53. The number of nitrogens with zero attached hydrogens (tertiary/aromatic N) is 2. The Balaban J connectivity index is 1.79. The van der Waals surface area contributed by atoms with Gasteiger partial charge >= 0.3 is 0 Å². The van der Waals surface area contributed by atoms with E-state index >= 15 is 0 Å². The zero-order valence-corrected chi connectivity index (χ0v) is 12.0. The van der Waals surface area contributed by atoms with E-state index in [0.29, 0.717) is 0 Å². The molecule has 118 valence electrons. The van der Waals surface area contributed by atoms with Gasteiger partial charge in [-0.05, 0) is 12.1 Å². The minimum absolute atomic E-state index is 0.0281. The van der Waals surface area contributed by atoms with Gasteiger partial charge in [0.1, 0.15) is 11.4 Å². The summed E-state index contributed by atoms with van der Waals surface area (Å²) in [6.07, 6.45) is 2.68. The molecule has 4 rings (SSSR count). The number of nitro groups is 1. The van der Waals surface area contributed by atoms with E-state index < -0.39 is 40.8 Å². The third-order valence-electron chi connectivity index (χ3n) is 4.53. The maximum absolute atomic E-state index is 12.7. The number of anilines is 1. The van der Waals surface area contributed by atoms with Crippen LogP contribution in [0, 0.1) is 22.0 Å². The van der Waals surface area contributed by atoms with Gasteiger partial charge in [0.25, 0.3) is 5.69 Å². The Kier molecular flexibility index (Phi) is 2.79. The van der Waals surface area contributed by atoms with Crippen molar-refractivity contribution in [3.05, 3.63) is 40.5 Å². The minimum Gasteiger partial charge on any atom is -0.496 e. The number of nitro benzene ring substituents is 1. The molecule has 0 saturated carbocycles. The fourth-order valence-electron chi connectivity index (χ4n) is 3.51. The van der Waals surface area contributed by atoms with E-state index in [2.05, 4.69) is 0 Å². The molecule has 2 saturated heterocycles. The number of carbonyl (C=O) groups excluding carboxylic acids is 2. The lowest BCUT2D eigenvalue weighted by Crippen LogP contribution is -2.34. The van der Waals surface area contributed by atoms with Crippen molar-refractivity contribution in [1.82, 2.24) is 0 Å². The van der Waals surface area contributed by atoms with Crippen LogP contribution in [-0.4, -0.2) is 36.1 Å². The maximum atomic E-state index is 12.7. The molecule has 8 nitrogen and oxygen atoms in total. The Morgan fingerprint density at radius 1 is 1.17 bits per heavy atom. The van der Waals surface area contributed by atoms with Gasteiger partial charge in [-0.2, -0.15) is 0 Å². The molecule has 4 atom stereocenters. The predicted octanol–water partition coefficient (Wildman–Crippen LogP) is 1.05. The Bertz CT molecular complexity index is 743. The Morgan fingerprint density at radius 2 is 1.78 bits per heavy atom. The number of amides is 2. The summed E-state index contributed by atoms with van der Waals surface area (Å²) in [5.74, 6) is -1.82. The van der Waals surface area contributed by atoms with Crippen molar-refractivity contribution in [2.24, 2.45) is 11.8 Å². The number of hydrogen-bond donors (Lipinski definition) is 0. The van der Waals surface area contributed by atoms with Crippen LogP contribution in [0.2, 0.25) is 0 Å². The molecule has 0 radical (unpaired) electrons. The summed E-state index contributed by atoms with van der Waals surface area (Å²) in [5.41, 5.74) is -0.369. The Hall–Kier alpha value is -2.74. The molecule has 0 spiro atoms. The van der Waals surface area contributed by atoms with Crippen molar-refractivity contribution in [2.75, 3.05) is 12.0 Å². The number of carbonyl (C=O) groups is 2. The van der Waals surface area contributed by atoms with Crippen molar-refractivity contribution >= 4 is 23.2 Å². The highest BCUT2D eigenvalue weighted by Crippen LogP contribution is 2.47. The van der Waals surface area contributed by atoms with E-state index in [1.807, 2.05) is 0 Å². The molecule has 1 aromatic carbocycles. The van der Waals surface area contributed by atoms with Crippen LogP contribution in [0.4, 0.5) is 11.4 Å². The van der Waals surface area contributed by atoms with Crippen molar-refractivity contribution in [3.63, 3.8) is 0 Å². The second-order valence-electron chi connectivity index (χ2n) is 5.63. The van der Waals surface area contributed by atoms with Gasteiger partial charge in [0.05, 0.1) is 42.1 Å². The molecule has 0 aromatic heterocycles. The molecule has 2 bridgehead atoms. The van der Waals surface area contributed by atoms with Crippen LogP contribution in [-0.2, 0) is 14.3 Å². The van der Waals surface area contributed by atoms with Crippen LogP contribution < -0.4 is 9.64 Å². The molecule has 0 N–H and O–H groups in total. The first-order chi connectivity index (χ1) is 11.0. The molecule has 3 heterocycles. The SMILES string of the molecule is COc1ccc(N2C(=O)[C@@H]3[C@@H](C2=O)[C@H]2C=C[C@@H]3O2)c([N+](=O)[O-])c1. The number of rotatable bonds is 3. The average molecular weight is 316 g/mol. The summed E-state index contributed by atoms with van der Waals surface area (Å²) < 4.78 is 10.5. The number of ether oxygens (including phenoxy) is 2. The van der Waals surface area contributed by atoms with E-state index in [1.54, 1.807) is 12.2 Å². The third kappa shape index (κ3) is 1.75. The zero-order valence-electron chi connectivity index (χ0n) is 12.0. The number of fused-ring (bicyclic) bond motifs is 5. The van der Waals surface area contributed by atoms with Crippen LogP contribution in [0.15, 0.2) is 30.4 Å². The van der Waals surface area contributed by atoms with Crippen molar-refractivity contribution in [3.8, 4) is 5.75 Å². The number of hydrogen-bond acceptors (Lipinski definition) is 6. The summed E-state index contributed by atoms with van der Waals surface area (Å²) in [6, 6.07) is 4.05. The number of imide groups is 1. The van der Waals surface area contributed by atoms with E-state index in [9.17, 15) is 19.7 Å². The first-order valence-electron chi connectivity index (χ1n) is 7.07. The minimum atomic E-state index is -0.629. The normalized spacial score (nSPS) is 30.9. The molecule has 1 aromatic rings. The summed E-state index contributed by atoms with van der Waals surface area (Å²) in [4.78, 5) is 36.9. The number of methoxy groups -OCH3 is 1. The first kappa shape index (κ1) is 13.9. The lowest BCUT2D eigenvalue weighted by atomic mass is 9.85. The van der Waals surface area contributed by atoms with Crippen molar-refractivity contribution < 1.29 is 24.0 Å². The second-order valence-corrected chi connectivity index (χ2v) is 5.63. The molecule has 23 heavy (non-hydrogen) atoms. The molecule has 8 heteroatoms. The molecule has 0 unspecified atom stereocenters. The highest BCUT2D eigenvalue weighted by atomic mass is 16.6. The average Bonchev–Trinajstić information content (AvgIpc) is 3.21. The largest absolute Gasteiger partial charge is 0.496 e. The predicted molar refractivity (Wildman–Crippen MR) is 76.9 cm³/mol. The Labute approximate surface area is 130 Å². The van der Waals surface area contributed by atoms with Gasteiger partial charge in [0.2, 0.25) is 11.8 Å². The van der Waals surface area contributed by atoms with Crippen LogP contribution in [0.25, 0.3) is 0 Å². The van der Waals surface area contributed by atoms with Crippen LogP contribution in [0.1, 0.15) is 0 Å². The lowest BCUT2D eigenvalue weighted by Gasteiger charge is -2.17. The summed E-state index contributed by atoms with van der Waals surface area (Å²) in [7, 11) is 1.38. The first-order valence-corrected chi connectivity index (χ1v) is 7.07. The van der Waals surface area contributed by atoms with Gasteiger partial charge < -0.3 is 9.47 Å².